The molecular weight excluding hydrogens is 348 g/mol. The first kappa shape index (κ1) is 21.0. The van der Waals surface area contributed by atoms with Crippen molar-refractivity contribution in [2.24, 2.45) is 0 Å². The molecule has 0 saturated carbocycles. The van der Waals surface area contributed by atoms with Crippen molar-refractivity contribution in [3.63, 3.8) is 0 Å². The summed E-state index contributed by atoms with van der Waals surface area (Å²) in [5.41, 5.74) is -0.321. The second kappa shape index (κ2) is 8.61. The number of hydrogen-bond acceptors (Lipinski definition) is 5. The van der Waals surface area contributed by atoms with Gasteiger partial charge in [0.15, 0.2) is 0 Å². The number of hydrogen-bond donors (Lipinski definition) is 1. The Kier molecular flexibility index (Phi) is 6.70. The average molecular weight is 378 g/mol. The lowest BCUT2D eigenvalue weighted by atomic mass is 9.94. The van der Waals surface area contributed by atoms with Gasteiger partial charge < -0.3 is 24.4 Å². The van der Waals surface area contributed by atoms with E-state index in [-0.39, 0.29) is 18.7 Å². The van der Waals surface area contributed by atoms with Gasteiger partial charge >= 0.3 is 12.2 Å². The fourth-order valence-electron chi connectivity index (χ4n) is 3.08. The SMILES string of the molecule is COC1(C(C)NC(=O)OC(C)(C)C)CCN(C(=O)OCc2ccccc2)C1. The summed E-state index contributed by atoms with van der Waals surface area (Å²) in [6.07, 6.45) is -0.292. The van der Waals surface area contributed by atoms with E-state index in [0.717, 1.165) is 5.56 Å². The molecule has 2 rings (SSSR count). The number of likely N-dealkylation sites (tertiary alicyclic amines) is 1. The molecule has 2 amide bonds. The standard InChI is InChI=1S/C20H30N2O5/c1-15(21-17(23)27-19(2,3)4)20(25-5)11-12-22(14-20)18(24)26-13-16-9-7-6-8-10-16/h6-10,15H,11-14H2,1-5H3,(H,21,23). The molecule has 1 heterocycles. The molecule has 2 unspecified atom stereocenters. The first-order chi connectivity index (χ1) is 12.6. The number of carbonyl (C=O) groups excluding carboxylic acids is 2. The van der Waals surface area contributed by atoms with Crippen LogP contribution in [0, 0.1) is 0 Å². The van der Waals surface area contributed by atoms with Crippen LogP contribution in [0.5, 0.6) is 0 Å². The van der Waals surface area contributed by atoms with Crippen LogP contribution in [0.1, 0.15) is 39.7 Å². The Morgan fingerprint density at radius 2 is 1.93 bits per heavy atom. The zero-order chi connectivity index (χ0) is 20.1. The summed E-state index contributed by atoms with van der Waals surface area (Å²) in [5, 5.41) is 2.82. The zero-order valence-corrected chi connectivity index (χ0v) is 16.8. The van der Waals surface area contributed by atoms with Crippen molar-refractivity contribution in [3.8, 4) is 0 Å². The number of rotatable bonds is 5. The molecule has 0 bridgehead atoms. The molecule has 27 heavy (non-hydrogen) atoms. The molecule has 7 nitrogen and oxygen atoms in total. The maximum Gasteiger partial charge on any atom is 0.410 e. The van der Waals surface area contributed by atoms with Crippen LogP contribution >= 0.6 is 0 Å². The Morgan fingerprint density at radius 3 is 2.52 bits per heavy atom. The molecule has 0 aromatic heterocycles. The van der Waals surface area contributed by atoms with Crippen molar-refractivity contribution >= 4 is 12.2 Å². The number of ether oxygens (including phenoxy) is 3. The van der Waals surface area contributed by atoms with Crippen LogP contribution < -0.4 is 5.32 Å². The van der Waals surface area contributed by atoms with Crippen LogP contribution in [0.2, 0.25) is 0 Å². The van der Waals surface area contributed by atoms with Gasteiger partial charge in [-0.15, -0.1) is 0 Å². The zero-order valence-electron chi connectivity index (χ0n) is 16.8. The summed E-state index contributed by atoms with van der Waals surface area (Å²) < 4.78 is 16.4. The molecule has 150 valence electrons. The van der Waals surface area contributed by atoms with E-state index in [4.69, 9.17) is 14.2 Å². The Bertz CT molecular complexity index is 644. The molecule has 1 N–H and O–H groups in total. The number of methoxy groups -OCH3 is 1. The van der Waals surface area contributed by atoms with Gasteiger partial charge in [0.25, 0.3) is 0 Å². The van der Waals surface area contributed by atoms with E-state index in [2.05, 4.69) is 5.32 Å². The van der Waals surface area contributed by atoms with E-state index in [9.17, 15) is 9.59 Å². The highest BCUT2D eigenvalue weighted by molar-refractivity contribution is 5.69. The Morgan fingerprint density at radius 1 is 1.26 bits per heavy atom. The van der Waals surface area contributed by atoms with Crippen molar-refractivity contribution in [2.45, 2.75) is 58.0 Å². The number of amides is 2. The van der Waals surface area contributed by atoms with Crippen molar-refractivity contribution < 1.29 is 23.8 Å². The maximum absolute atomic E-state index is 12.4. The molecule has 1 aromatic rings. The summed E-state index contributed by atoms with van der Waals surface area (Å²) in [5.74, 6) is 0. The summed E-state index contributed by atoms with van der Waals surface area (Å²) >= 11 is 0. The second-order valence-corrected chi connectivity index (χ2v) is 7.85. The van der Waals surface area contributed by atoms with E-state index >= 15 is 0 Å². The van der Waals surface area contributed by atoms with Gasteiger partial charge in [0.2, 0.25) is 0 Å². The number of nitrogens with zero attached hydrogens (tertiary/aromatic N) is 1. The minimum atomic E-state index is -0.678. The van der Waals surface area contributed by atoms with Gasteiger partial charge in [0.1, 0.15) is 17.8 Å². The molecule has 1 aliphatic heterocycles. The third-order valence-corrected chi connectivity index (χ3v) is 4.66. The first-order valence-corrected chi connectivity index (χ1v) is 9.15. The normalized spacial score (nSPS) is 20.9. The van der Waals surface area contributed by atoms with Crippen LogP contribution in [-0.2, 0) is 20.8 Å². The lowest BCUT2D eigenvalue weighted by Crippen LogP contribution is -2.54. The van der Waals surface area contributed by atoms with Gasteiger partial charge in [-0.1, -0.05) is 30.3 Å². The van der Waals surface area contributed by atoms with Crippen LogP contribution in [0.4, 0.5) is 9.59 Å². The second-order valence-electron chi connectivity index (χ2n) is 7.85. The molecular formula is C20H30N2O5. The van der Waals surface area contributed by atoms with Crippen LogP contribution in [0.15, 0.2) is 30.3 Å². The fourth-order valence-corrected chi connectivity index (χ4v) is 3.08. The topological polar surface area (TPSA) is 77.1 Å². The van der Waals surface area contributed by atoms with Gasteiger partial charge in [-0.05, 0) is 39.7 Å². The van der Waals surface area contributed by atoms with Crippen LogP contribution in [0.3, 0.4) is 0 Å². The molecule has 0 spiro atoms. The van der Waals surface area contributed by atoms with Crippen molar-refractivity contribution in [2.75, 3.05) is 20.2 Å². The maximum atomic E-state index is 12.4. The van der Waals surface area contributed by atoms with Crippen molar-refractivity contribution in [3.05, 3.63) is 35.9 Å². The summed E-state index contributed by atoms with van der Waals surface area (Å²) in [7, 11) is 1.59. The Balaban J connectivity index is 1.91. The van der Waals surface area contributed by atoms with Gasteiger partial charge in [-0.3, -0.25) is 0 Å². The number of benzene rings is 1. The van der Waals surface area contributed by atoms with Crippen molar-refractivity contribution in [1.29, 1.82) is 0 Å². The first-order valence-electron chi connectivity index (χ1n) is 9.15. The molecule has 7 heteroatoms. The van der Waals surface area contributed by atoms with Crippen molar-refractivity contribution in [1.82, 2.24) is 10.2 Å². The van der Waals surface area contributed by atoms with Gasteiger partial charge in [-0.25, -0.2) is 9.59 Å². The molecule has 0 radical (unpaired) electrons. The lowest BCUT2D eigenvalue weighted by Gasteiger charge is -2.34. The molecule has 1 aromatic carbocycles. The third kappa shape index (κ3) is 5.85. The van der Waals surface area contributed by atoms with Gasteiger partial charge in [-0.2, -0.15) is 0 Å². The molecule has 2 atom stereocenters. The Hall–Kier alpha value is -2.28. The number of nitrogens with one attached hydrogen (secondary N) is 1. The van der Waals surface area contributed by atoms with Gasteiger partial charge in [0, 0.05) is 13.7 Å². The summed E-state index contributed by atoms with van der Waals surface area (Å²) in [4.78, 5) is 26.1. The van der Waals surface area contributed by atoms with E-state index in [1.807, 2.05) is 58.0 Å². The van der Waals surface area contributed by atoms with E-state index in [1.54, 1.807) is 12.0 Å². The minimum Gasteiger partial charge on any atom is -0.445 e. The minimum absolute atomic E-state index is 0.224. The molecule has 1 aliphatic rings. The van der Waals surface area contributed by atoms with E-state index in [0.29, 0.717) is 19.5 Å². The van der Waals surface area contributed by atoms with Gasteiger partial charge in [0.05, 0.1) is 12.6 Å². The summed E-state index contributed by atoms with van der Waals surface area (Å²) in [6.45, 7) is 8.35. The average Bonchev–Trinajstić information content (AvgIpc) is 3.05. The smallest absolute Gasteiger partial charge is 0.410 e. The summed E-state index contributed by atoms with van der Waals surface area (Å²) in [6, 6.07) is 9.20. The lowest BCUT2D eigenvalue weighted by molar-refractivity contribution is -0.0309. The highest BCUT2D eigenvalue weighted by Gasteiger charge is 2.46. The fraction of sp³-hybridized carbons (Fsp3) is 0.600. The molecule has 1 fully saturated rings. The monoisotopic (exact) mass is 378 g/mol. The predicted molar refractivity (Wildman–Crippen MR) is 101 cm³/mol. The third-order valence-electron chi connectivity index (χ3n) is 4.66. The number of carbonyl (C=O) groups is 2. The largest absolute Gasteiger partial charge is 0.445 e. The van der Waals surface area contributed by atoms with Crippen LogP contribution in [0.25, 0.3) is 0 Å². The highest BCUT2D eigenvalue weighted by atomic mass is 16.6. The predicted octanol–water partition coefficient (Wildman–Crippen LogP) is 3.33. The van der Waals surface area contributed by atoms with E-state index in [1.165, 1.54) is 0 Å². The highest BCUT2D eigenvalue weighted by Crippen LogP contribution is 2.29. The molecule has 0 aliphatic carbocycles. The quantitative estimate of drug-likeness (QED) is 0.850. The van der Waals surface area contributed by atoms with Crippen LogP contribution in [-0.4, -0.2) is 54.5 Å². The Labute approximate surface area is 161 Å². The number of alkyl carbamates (subject to hydrolysis) is 1. The molecule has 1 saturated heterocycles. The van der Waals surface area contributed by atoms with E-state index < -0.39 is 17.3 Å².